The number of likely N-dealkylation sites (tertiary alicyclic amines) is 2. The van der Waals surface area contributed by atoms with E-state index in [0.29, 0.717) is 65.1 Å². The second kappa shape index (κ2) is 15.9. The minimum atomic E-state index is -0.790. The summed E-state index contributed by atoms with van der Waals surface area (Å²) in [7, 11) is 1.25. The van der Waals surface area contributed by atoms with Crippen molar-refractivity contribution in [3.05, 3.63) is 96.2 Å². The van der Waals surface area contributed by atoms with Crippen LogP contribution in [0.25, 0.3) is 33.6 Å². The minimum Gasteiger partial charge on any atom is -0.462 e. The van der Waals surface area contributed by atoms with E-state index in [-0.39, 0.29) is 24.5 Å². The fourth-order valence-electron chi connectivity index (χ4n) is 7.73. The van der Waals surface area contributed by atoms with Gasteiger partial charge in [-0.1, -0.05) is 18.7 Å². The predicted molar refractivity (Wildman–Crippen MR) is 205 cm³/mol. The molecule has 0 aliphatic carbocycles. The van der Waals surface area contributed by atoms with Crippen molar-refractivity contribution >= 4 is 47.4 Å². The lowest BCUT2D eigenvalue weighted by Gasteiger charge is -2.29. The highest BCUT2D eigenvalue weighted by molar-refractivity contribution is 5.92. The van der Waals surface area contributed by atoms with Gasteiger partial charge in [-0.15, -0.1) is 0 Å². The zero-order valence-corrected chi connectivity index (χ0v) is 30.7. The van der Waals surface area contributed by atoms with E-state index in [4.69, 9.17) is 9.15 Å². The van der Waals surface area contributed by atoms with Gasteiger partial charge in [-0.2, -0.15) is 0 Å². The van der Waals surface area contributed by atoms with E-state index in [0.717, 1.165) is 48.6 Å². The van der Waals surface area contributed by atoms with Crippen molar-refractivity contribution in [3.8, 4) is 17.0 Å². The lowest BCUT2D eigenvalue weighted by atomic mass is 10.0. The Morgan fingerprint density at radius 3 is 2.69 bits per heavy atom. The third kappa shape index (κ3) is 7.29. The van der Waals surface area contributed by atoms with Crippen molar-refractivity contribution in [1.29, 1.82) is 0 Å². The normalized spacial score (nSPS) is 19.4. The third-order valence-corrected chi connectivity index (χ3v) is 10.4. The summed E-state index contributed by atoms with van der Waals surface area (Å²) in [5.41, 5.74) is 4.99. The maximum atomic E-state index is 16.5. The molecule has 7 rings (SSSR count). The number of alkyl carbamates (subject to hydrolysis) is 1. The molecule has 0 radical (unpaired) electrons. The first-order valence-corrected chi connectivity index (χ1v) is 18.1. The van der Waals surface area contributed by atoms with Gasteiger partial charge in [0.2, 0.25) is 18.5 Å². The molecular weight excluding hydrogens is 707 g/mol. The standard InChI is InChI=1S/C40H43FN8O6/c1-5-30(46-24(2)32-9-7-12-47(32)23-50)26-15-29(41)38-34-16-27-14-25(10-11-33(27)49(34)39(55-35(38)17-26)36-20-43-22-54-36)31(19-42-3)44-18-28-8-6-13-48(28)37(51)21-45-40(52)53-4/h5,10-11,14-17,19-20,22-23,28,32,39,44,46H,2-3,6-9,12-13,18,21H2,1,4H3,(H,45,52)/b30-5-,31-19-/t28?,32-,39?/m1/s1. The molecule has 3 N–H and O–H groups in total. The van der Waals surface area contributed by atoms with Crippen LogP contribution in [0.1, 0.15) is 55.7 Å². The molecule has 0 bridgehead atoms. The second-order valence-corrected chi connectivity index (χ2v) is 13.6. The number of allylic oxidation sites excluding steroid dienone is 1. The number of fused-ring (bicyclic) bond motifs is 5. The zero-order valence-electron chi connectivity index (χ0n) is 30.7. The second-order valence-electron chi connectivity index (χ2n) is 13.6. The molecule has 2 aromatic heterocycles. The number of amides is 3. The van der Waals surface area contributed by atoms with Crippen LogP contribution in [0.2, 0.25) is 0 Å². The Kier molecular flexibility index (Phi) is 10.7. The molecule has 14 nitrogen and oxygen atoms in total. The molecule has 4 aromatic rings. The van der Waals surface area contributed by atoms with Gasteiger partial charge in [0.25, 0.3) is 0 Å². The summed E-state index contributed by atoms with van der Waals surface area (Å²) in [5.74, 6) is 0.0858. The van der Waals surface area contributed by atoms with Crippen LogP contribution in [0, 0.1) is 5.82 Å². The Bertz CT molecular complexity index is 2190. The number of carbonyl (C=O) groups is 3. The average molecular weight is 751 g/mol. The molecular formula is C40H43FN8O6. The summed E-state index contributed by atoms with van der Waals surface area (Å²) >= 11 is 0. The minimum absolute atomic E-state index is 0.0973. The van der Waals surface area contributed by atoms with Gasteiger partial charge in [-0.25, -0.2) is 14.2 Å². The number of hydrogen-bond acceptors (Lipinski definition) is 10. The lowest BCUT2D eigenvalue weighted by Crippen LogP contribution is -2.45. The number of carbonyl (C=O) groups excluding carboxylic acids is 3. The molecule has 2 unspecified atom stereocenters. The van der Waals surface area contributed by atoms with Gasteiger partial charge in [-0.3, -0.25) is 19.1 Å². The van der Waals surface area contributed by atoms with Crippen LogP contribution < -0.4 is 20.7 Å². The number of nitrogens with zero attached hydrogens (tertiary/aromatic N) is 5. The monoisotopic (exact) mass is 750 g/mol. The van der Waals surface area contributed by atoms with Crippen LogP contribution in [-0.2, 0) is 14.3 Å². The van der Waals surface area contributed by atoms with E-state index in [1.54, 1.807) is 28.3 Å². The maximum absolute atomic E-state index is 16.5. The molecule has 0 spiro atoms. The topological polar surface area (TPSA) is 156 Å². The van der Waals surface area contributed by atoms with Crippen LogP contribution >= 0.6 is 0 Å². The predicted octanol–water partition coefficient (Wildman–Crippen LogP) is 5.40. The van der Waals surface area contributed by atoms with Crippen molar-refractivity contribution in [1.82, 2.24) is 35.3 Å². The highest BCUT2D eigenvalue weighted by Crippen LogP contribution is 2.46. The quantitative estimate of drug-likeness (QED) is 0.120. The van der Waals surface area contributed by atoms with E-state index < -0.39 is 18.1 Å². The van der Waals surface area contributed by atoms with Gasteiger partial charge in [0.05, 0.1) is 41.8 Å². The summed E-state index contributed by atoms with van der Waals surface area (Å²) in [4.78, 5) is 47.6. The molecule has 3 aliphatic heterocycles. The summed E-state index contributed by atoms with van der Waals surface area (Å²) in [6.07, 6.45) is 9.07. The molecule has 3 atom stereocenters. The number of oxazole rings is 1. The van der Waals surface area contributed by atoms with Crippen LogP contribution in [0.5, 0.6) is 5.75 Å². The number of hydrogen-bond donors (Lipinski definition) is 3. The molecule has 3 aliphatic rings. The fraction of sp³-hybridized carbons (Fsp3) is 0.325. The largest absolute Gasteiger partial charge is 0.462 e. The molecule has 0 saturated carbocycles. The average Bonchev–Trinajstić information content (AvgIpc) is 4.03. The molecule has 2 fully saturated rings. The molecule has 2 saturated heterocycles. The smallest absolute Gasteiger partial charge is 0.407 e. The number of methoxy groups -OCH3 is 1. The molecule has 3 amide bonds. The highest BCUT2D eigenvalue weighted by Gasteiger charge is 2.34. The zero-order chi connectivity index (χ0) is 38.6. The van der Waals surface area contributed by atoms with Crippen LogP contribution in [-0.4, -0.2) is 89.9 Å². The van der Waals surface area contributed by atoms with Gasteiger partial charge >= 0.3 is 6.09 Å². The van der Waals surface area contributed by atoms with Gasteiger partial charge in [0.1, 0.15) is 18.1 Å². The van der Waals surface area contributed by atoms with Crippen molar-refractivity contribution in [3.63, 3.8) is 0 Å². The van der Waals surface area contributed by atoms with E-state index >= 15 is 4.39 Å². The van der Waals surface area contributed by atoms with Gasteiger partial charge < -0.3 is 39.6 Å². The maximum Gasteiger partial charge on any atom is 0.407 e. The molecule has 5 heterocycles. The van der Waals surface area contributed by atoms with Crippen molar-refractivity contribution < 1.29 is 32.7 Å². The van der Waals surface area contributed by atoms with Gasteiger partial charge in [-0.05, 0) is 75.2 Å². The number of aliphatic imine (C=N–C) groups is 1. The van der Waals surface area contributed by atoms with E-state index in [2.05, 4.69) is 44.0 Å². The Hall–Kier alpha value is -6.38. The summed E-state index contributed by atoms with van der Waals surface area (Å²) < 4.78 is 35.2. The Morgan fingerprint density at radius 1 is 1.11 bits per heavy atom. The van der Waals surface area contributed by atoms with E-state index in [9.17, 15) is 14.4 Å². The number of ether oxygens (including phenoxy) is 2. The van der Waals surface area contributed by atoms with Gasteiger partial charge in [0.15, 0.2) is 12.2 Å². The third-order valence-electron chi connectivity index (χ3n) is 10.4. The molecule has 286 valence electrons. The number of aromatic nitrogens is 2. The molecule has 15 heteroatoms. The van der Waals surface area contributed by atoms with Gasteiger partial charge in [0, 0.05) is 54.2 Å². The summed E-state index contributed by atoms with van der Waals surface area (Å²) in [6.45, 7) is 11.3. The number of rotatable bonds is 13. The SMILES string of the molecule is C=N/C=C(\NCC1CCCN1C(=O)CNC(=O)OC)c1ccc2c(c1)cc1n2C(c2cnco2)Oc2cc(/C(=C/C)NC(=C)[C@H]3CCCN3C=O)cc(F)c2-1. The van der Waals surface area contributed by atoms with Crippen molar-refractivity contribution in [2.24, 2.45) is 4.99 Å². The highest BCUT2D eigenvalue weighted by atomic mass is 19.1. The lowest BCUT2D eigenvalue weighted by molar-refractivity contribution is -0.130. The number of halogens is 1. The number of nitrogens with one attached hydrogen (secondary N) is 3. The molecule has 2 aromatic carbocycles. The fourth-order valence-corrected chi connectivity index (χ4v) is 7.73. The Morgan fingerprint density at radius 2 is 1.95 bits per heavy atom. The molecule has 55 heavy (non-hydrogen) atoms. The summed E-state index contributed by atoms with van der Waals surface area (Å²) in [6, 6.07) is 10.8. The summed E-state index contributed by atoms with van der Waals surface area (Å²) in [5, 5.41) is 10.0. The Balaban J connectivity index is 1.18. The first-order chi connectivity index (χ1) is 26.7. The van der Waals surface area contributed by atoms with E-state index in [1.165, 1.54) is 19.6 Å². The van der Waals surface area contributed by atoms with E-state index in [1.807, 2.05) is 41.8 Å². The van der Waals surface area contributed by atoms with Crippen LogP contribution in [0.4, 0.5) is 9.18 Å². The Labute approximate surface area is 317 Å². The first kappa shape index (κ1) is 37.0. The first-order valence-electron chi connectivity index (χ1n) is 18.1. The van der Waals surface area contributed by atoms with Crippen LogP contribution in [0.15, 0.2) is 83.0 Å². The van der Waals surface area contributed by atoms with Crippen LogP contribution in [0.3, 0.4) is 0 Å². The van der Waals surface area contributed by atoms with Crippen molar-refractivity contribution in [2.75, 3.05) is 33.3 Å². The van der Waals surface area contributed by atoms with Crippen molar-refractivity contribution in [2.45, 2.75) is 50.9 Å². The number of benzene rings is 2.